The monoisotopic (exact) mass is 490 g/mol. The van der Waals surface area contributed by atoms with Crippen molar-refractivity contribution in [2.24, 2.45) is 10.9 Å². The van der Waals surface area contributed by atoms with Crippen molar-refractivity contribution in [3.63, 3.8) is 0 Å². The van der Waals surface area contributed by atoms with Crippen LogP contribution in [0.5, 0.6) is 5.75 Å². The highest BCUT2D eigenvalue weighted by atomic mass is 127. The molecule has 6 nitrogen and oxygen atoms in total. The van der Waals surface area contributed by atoms with Crippen LogP contribution in [-0.2, 0) is 11.3 Å². The Balaban J connectivity index is 0.00000676. The second kappa shape index (κ2) is 14.5. The summed E-state index contributed by atoms with van der Waals surface area (Å²) in [5.74, 6) is 2.17. The molecule has 0 aliphatic rings. The van der Waals surface area contributed by atoms with Gasteiger partial charge in [-0.2, -0.15) is 0 Å². The van der Waals surface area contributed by atoms with E-state index in [1.807, 2.05) is 24.3 Å². The van der Waals surface area contributed by atoms with E-state index in [1.165, 1.54) is 11.3 Å². The van der Waals surface area contributed by atoms with Crippen LogP contribution in [0.1, 0.15) is 39.2 Å². The Bertz CT molecular complexity index is 577. The number of carbonyl (C=O) groups excluding carboxylic acids is 1. The van der Waals surface area contributed by atoms with E-state index in [1.54, 1.807) is 14.1 Å². The minimum Gasteiger partial charge on any atom is -0.484 e. The van der Waals surface area contributed by atoms with Gasteiger partial charge in [-0.25, -0.2) is 4.99 Å². The van der Waals surface area contributed by atoms with Gasteiger partial charge in [-0.05, 0) is 43.4 Å². The maximum Gasteiger partial charge on any atom is 0.259 e. The van der Waals surface area contributed by atoms with E-state index in [-0.39, 0.29) is 36.5 Å². The Kier molecular flexibility index (Phi) is 13.7. The van der Waals surface area contributed by atoms with Crippen molar-refractivity contribution >= 4 is 35.8 Å². The number of nitrogens with zero attached hydrogens (tertiary/aromatic N) is 2. The van der Waals surface area contributed by atoms with Crippen LogP contribution in [0.15, 0.2) is 29.3 Å². The smallest absolute Gasteiger partial charge is 0.259 e. The molecular weight excluding hydrogens is 455 g/mol. The number of guanidine groups is 1. The van der Waals surface area contributed by atoms with Gasteiger partial charge in [0.2, 0.25) is 0 Å². The van der Waals surface area contributed by atoms with E-state index < -0.39 is 0 Å². The van der Waals surface area contributed by atoms with Gasteiger partial charge in [-0.3, -0.25) is 4.79 Å². The topological polar surface area (TPSA) is 66.0 Å². The van der Waals surface area contributed by atoms with E-state index in [2.05, 4.69) is 36.4 Å². The Morgan fingerprint density at radius 3 is 2.63 bits per heavy atom. The molecule has 0 bridgehead atoms. The van der Waals surface area contributed by atoms with Crippen LogP contribution in [0, 0.1) is 5.92 Å². The molecule has 0 aliphatic heterocycles. The quantitative estimate of drug-likeness (QED) is 0.229. The van der Waals surface area contributed by atoms with Crippen molar-refractivity contribution < 1.29 is 9.53 Å². The first-order valence-corrected chi connectivity index (χ1v) is 9.36. The molecule has 0 saturated heterocycles. The minimum atomic E-state index is -0.0616. The Morgan fingerprint density at radius 2 is 2.00 bits per heavy atom. The predicted molar refractivity (Wildman–Crippen MR) is 123 cm³/mol. The molecule has 1 rings (SSSR count). The summed E-state index contributed by atoms with van der Waals surface area (Å²) in [6.07, 6.45) is 2.34. The SMILES string of the molecule is CCNC(=NCc1cccc(OCC(=O)N(C)C)c1)NCCCC(C)C.I. The van der Waals surface area contributed by atoms with Crippen LogP contribution in [-0.4, -0.2) is 50.6 Å². The highest BCUT2D eigenvalue weighted by molar-refractivity contribution is 14.0. The minimum absolute atomic E-state index is 0. The van der Waals surface area contributed by atoms with Gasteiger partial charge in [0.15, 0.2) is 12.6 Å². The molecule has 0 heterocycles. The summed E-state index contributed by atoms with van der Waals surface area (Å²) in [6.45, 7) is 8.87. The average Bonchev–Trinajstić information content (AvgIpc) is 2.61. The molecule has 0 spiro atoms. The van der Waals surface area contributed by atoms with Crippen LogP contribution in [0.25, 0.3) is 0 Å². The zero-order chi connectivity index (χ0) is 19.4. The maximum atomic E-state index is 11.6. The third kappa shape index (κ3) is 11.7. The average molecular weight is 490 g/mol. The lowest BCUT2D eigenvalue weighted by atomic mass is 10.1. The van der Waals surface area contributed by atoms with E-state index in [0.717, 1.165) is 37.0 Å². The molecule has 0 radical (unpaired) electrons. The lowest BCUT2D eigenvalue weighted by molar-refractivity contribution is -0.130. The standard InChI is InChI=1S/C20H34N4O2.HI/c1-6-21-20(22-12-8-9-16(2)3)23-14-17-10-7-11-18(13-17)26-15-19(25)24(4)5;/h7,10-11,13,16H,6,8-9,12,14-15H2,1-5H3,(H2,21,22,23);1H. The largest absolute Gasteiger partial charge is 0.484 e. The van der Waals surface area contributed by atoms with Crippen LogP contribution in [0.2, 0.25) is 0 Å². The van der Waals surface area contributed by atoms with Crippen LogP contribution in [0.4, 0.5) is 0 Å². The number of likely N-dealkylation sites (N-methyl/N-ethyl adjacent to an activating group) is 1. The molecule has 0 unspecified atom stereocenters. The molecule has 0 aromatic heterocycles. The Morgan fingerprint density at radius 1 is 1.26 bits per heavy atom. The van der Waals surface area contributed by atoms with Gasteiger partial charge in [0.05, 0.1) is 6.54 Å². The number of halogens is 1. The number of nitrogens with one attached hydrogen (secondary N) is 2. The first kappa shape index (κ1) is 25.5. The van der Waals surface area contributed by atoms with Crippen molar-refractivity contribution in [2.45, 2.75) is 40.2 Å². The fourth-order valence-electron chi connectivity index (χ4n) is 2.24. The molecule has 0 aliphatic carbocycles. The normalized spacial score (nSPS) is 11.0. The number of benzene rings is 1. The number of hydrogen-bond donors (Lipinski definition) is 2. The summed E-state index contributed by atoms with van der Waals surface area (Å²) in [4.78, 5) is 17.8. The molecule has 7 heteroatoms. The summed E-state index contributed by atoms with van der Waals surface area (Å²) in [6, 6.07) is 7.70. The molecule has 2 N–H and O–H groups in total. The Hall–Kier alpha value is -1.51. The van der Waals surface area contributed by atoms with Gasteiger partial charge in [0, 0.05) is 27.2 Å². The Labute approximate surface area is 181 Å². The fourth-order valence-corrected chi connectivity index (χ4v) is 2.24. The van der Waals surface area contributed by atoms with Crippen molar-refractivity contribution in [3.8, 4) is 5.75 Å². The van der Waals surface area contributed by atoms with Crippen molar-refractivity contribution in [3.05, 3.63) is 29.8 Å². The van der Waals surface area contributed by atoms with Crippen molar-refractivity contribution in [2.75, 3.05) is 33.8 Å². The third-order valence-corrected chi connectivity index (χ3v) is 3.77. The molecule has 27 heavy (non-hydrogen) atoms. The summed E-state index contributed by atoms with van der Waals surface area (Å²) in [7, 11) is 3.43. The van der Waals surface area contributed by atoms with E-state index in [0.29, 0.717) is 12.3 Å². The molecule has 1 amide bonds. The van der Waals surface area contributed by atoms with Gasteiger partial charge in [-0.15, -0.1) is 24.0 Å². The fraction of sp³-hybridized carbons (Fsp3) is 0.600. The van der Waals surface area contributed by atoms with Gasteiger partial charge < -0.3 is 20.3 Å². The van der Waals surface area contributed by atoms with Crippen molar-refractivity contribution in [1.29, 1.82) is 0 Å². The van der Waals surface area contributed by atoms with Crippen molar-refractivity contribution in [1.82, 2.24) is 15.5 Å². The number of ether oxygens (including phenoxy) is 1. The number of amides is 1. The molecule has 0 atom stereocenters. The second-order valence-electron chi connectivity index (χ2n) is 6.88. The highest BCUT2D eigenvalue weighted by Gasteiger charge is 2.05. The maximum absolute atomic E-state index is 11.6. The molecule has 1 aromatic rings. The third-order valence-electron chi connectivity index (χ3n) is 3.77. The first-order chi connectivity index (χ1) is 12.4. The summed E-state index contributed by atoms with van der Waals surface area (Å²) in [5.41, 5.74) is 1.04. The van der Waals surface area contributed by atoms with Gasteiger partial charge in [-0.1, -0.05) is 26.0 Å². The summed E-state index contributed by atoms with van der Waals surface area (Å²) >= 11 is 0. The molecular formula is C20H35IN4O2. The first-order valence-electron chi connectivity index (χ1n) is 9.36. The van der Waals surface area contributed by atoms with Crippen LogP contribution >= 0.6 is 24.0 Å². The second-order valence-corrected chi connectivity index (χ2v) is 6.88. The van der Waals surface area contributed by atoms with Gasteiger partial charge in [0.25, 0.3) is 5.91 Å². The number of rotatable bonds is 10. The van der Waals surface area contributed by atoms with Gasteiger partial charge in [0.1, 0.15) is 5.75 Å². The summed E-state index contributed by atoms with van der Waals surface area (Å²) in [5, 5.41) is 6.64. The molecule has 0 saturated carbocycles. The lowest BCUT2D eigenvalue weighted by Crippen LogP contribution is -2.37. The van der Waals surface area contributed by atoms with E-state index in [9.17, 15) is 4.79 Å². The van der Waals surface area contributed by atoms with E-state index >= 15 is 0 Å². The zero-order valence-electron chi connectivity index (χ0n) is 17.2. The zero-order valence-corrected chi connectivity index (χ0v) is 19.6. The molecule has 1 aromatic carbocycles. The van der Waals surface area contributed by atoms with Gasteiger partial charge >= 0.3 is 0 Å². The van der Waals surface area contributed by atoms with Crippen LogP contribution < -0.4 is 15.4 Å². The van der Waals surface area contributed by atoms with E-state index in [4.69, 9.17) is 4.74 Å². The van der Waals surface area contributed by atoms with Crippen LogP contribution in [0.3, 0.4) is 0 Å². The highest BCUT2D eigenvalue weighted by Crippen LogP contribution is 2.14. The lowest BCUT2D eigenvalue weighted by Gasteiger charge is -2.13. The predicted octanol–water partition coefficient (Wildman–Crippen LogP) is 3.26. The number of hydrogen-bond acceptors (Lipinski definition) is 3. The molecule has 154 valence electrons. The number of aliphatic imine (C=N–C) groups is 1. The summed E-state index contributed by atoms with van der Waals surface area (Å²) < 4.78 is 5.55. The number of carbonyl (C=O) groups is 1. The molecule has 0 fully saturated rings.